The monoisotopic (exact) mass is 236 g/mol. The summed E-state index contributed by atoms with van der Waals surface area (Å²) < 4.78 is 1.89. The zero-order chi connectivity index (χ0) is 11.8. The molecule has 2 atom stereocenters. The molecule has 0 amide bonds. The first-order chi connectivity index (χ1) is 8.24. The lowest BCUT2D eigenvalue weighted by molar-refractivity contribution is 0.124. The molecule has 3 rings (SSSR count). The Morgan fingerprint density at radius 1 is 1.29 bits per heavy atom. The van der Waals surface area contributed by atoms with Crippen molar-refractivity contribution in [1.82, 2.24) is 19.7 Å². The highest BCUT2D eigenvalue weighted by Gasteiger charge is 2.27. The van der Waals surface area contributed by atoms with Gasteiger partial charge in [-0.15, -0.1) is 0 Å². The molecule has 1 saturated heterocycles. The van der Waals surface area contributed by atoms with Gasteiger partial charge in [0.25, 0.3) is 0 Å². The third-order valence-electron chi connectivity index (χ3n) is 3.92. The Morgan fingerprint density at radius 2 is 2.18 bits per heavy atom. The Bertz CT molecular complexity index is 403. The van der Waals surface area contributed by atoms with Gasteiger partial charge in [0.15, 0.2) is 5.82 Å². The maximum Gasteiger partial charge on any atom is 0.168 e. The molecule has 1 aromatic heterocycles. The topological polar surface area (TPSA) is 54.2 Å². The Balaban J connectivity index is 1.84. The largest absolute Gasteiger partial charge is 0.391 e. The second-order valence-corrected chi connectivity index (χ2v) is 5.25. The fraction of sp³-hybridized carbons (Fsp3) is 0.833. The second-order valence-electron chi connectivity index (χ2n) is 5.25. The summed E-state index contributed by atoms with van der Waals surface area (Å²) in [5, 5.41) is 14.2. The van der Waals surface area contributed by atoms with Crippen molar-refractivity contribution in [2.45, 2.75) is 50.8 Å². The van der Waals surface area contributed by atoms with E-state index in [1.54, 1.807) is 0 Å². The van der Waals surface area contributed by atoms with E-state index in [9.17, 15) is 5.11 Å². The molecule has 0 radical (unpaired) electrons. The summed E-state index contributed by atoms with van der Waals surface area (Å²) in [7, 11) is 2.15. The maximum atomic E-state index is 9.63. The summed E-state index contributed by atoms with van der Waals surface area (Å²) >= 11 is 0. The van der Waals surface area contributed by atoms with Crippen molar-refractivity contribution in [3.05, 3.63) is 11.6 Å². The number of aliphatic hydroxyl groups is 1. The fourth-order valence-corrected chi connectivity index (χ4v) is 2.85. The van der Waals surface area contributed by atoms with Crippen molar-refractivity contribution in [2.24, 2.45) is 0 Å². The molecule has 1 aromatic rings. The van der Waals surface area contributed by atoms with Gasteiger partial charge in [-0.25, -0.2) is 9.67 Å². The number of nitrogens with zero attached hydrogens (tertiary/aromatic N) is 4. The van der Waals surface area contributed by atoms with Crippen molar-refractivity contribution in [3.8, 4) is 0 Å². The quantitative estimate of drug-likeness (QED) is 0.781. The summed E-state index contributed by atoms with van der Waals surface area (Å²) in [4.78, 5) is 7.01. The van der Waals surface area contributed by atoms with Gasteiger partial charge in [0.1, 0.15) is 5.82 Å². The first kappa shape index (κ1) is 11.2. The minimum absolute atomic E-state index is 0.249. The molecule has 5 heteroatoms. The van der Waals surface area contributed by atoms with E-state index in [4.69, 9.17) is 0 Å². The highest BCUT2D eigenvalue weighted by atomic mass is 16.3. The summed E-state index contributed by atoms with van der Waals surface area (Å²) in [5.41, 5.74) is 0. The number of rotatable bonds is 1. The Hall–Kier alpha value is -0.940. The summed E-state index contributed by atoms with van der Waals surface area (Å²) in [6.45, 7) is 1.75. The van der Waals surface area contributed by atoms with Gasteiger partial charge in [-0.1, -0.05) is 6.42 Å². The molecule has 0 saturated carbocycles. The SMILES string of the molecule is CN1CCCCC1c1nc2n(n1)CC(O)CC2. The van der Waals surface area contributed by atoms with Crippen LogP contribution in [-0.4, -0.2) is 44.5 Å². The van der Waals surface area contributed by atoms with E-state index >= 15 is 0 Å². The number of aliphatic hydroxyl groups excluding tert-OH is 1. The van der Waals surface area contributed by atoms with Crippen LogP contribution in [0.5, 0.6) is 0 Å². The van der Waals surface area contributed by atoms with Crippen LogP contribution in [-0.2, 0) is 13.0 Å². The highest BCUT2D eigenvalue weighted by molar-refractivity contribution is 5.02. The van der Waals surface area contributed by atoms with Crippen LogP contribution >= 0.6 is 0 Å². The molecular weight excluding hydrogens is 216 g/mol. The maximum absolute atomic E-state index is 9.63. The minimum Gasteiger partial charge on any atom is -0.391 e. The van der Waals surface area contributed by atoms with Gasteiger partial charge >= 0.3 is 0 Å². The number of piperidine rings is 1. The average molecular weight is 236 g/mol. The minimum atomic E-state index is -0.249. The lowest BCUT2D eigenvalue weighted by atomic mass is 10.0. The van der Waals surface area contributed by atoms with Crippen LogP contribution in [0.2, 0.25) is 0 Å². The summed E-state index contributed by atoms with van der Waals surface area (Å²) in [5.74, 6) is 2.00. The van der Waals surface area contributed by atoms with Gasteiger partial charge in [-0.2, -0.15) is 5.10 Å². The number of aromatic nitrogens is 3. The van der Waals surface area contributed by atoms with Crippen LogP contribution in [0.15, 0.2) is 0 Å². The van der Waals surface area contributed by atoms with Crippen LogP contribution in [0, 0.1) is 0 Å². The van der Waals surface area contributed by atoms with Gasteiger partial charge in [0, 0.05) is 6.42 Å². The number of hydrogen-bond donors (Lipinski definition) is 1. The van der Waals surface area contributed by atoms with Crippen LogP contribution in [0.25, 0.3) is 0 Å². The third-order valence-corrected chi connectivity index (χ3v) is 3.92. The molecule has 0 bridgehead atoms. The molecule has 1 N–H and O–H groups in total. The van der Waals surface area contributed by atoms with Crippen molar-refractivity contribution < 1.29 is 5.11 Å². The van der Waals surface area contributed by atoms with E-state index in [2.05, 4.69) is 22.0 Å². The van der Waals surface area contributed by atoms with Crippen molar-refractivity contribution in [2.75, 3.05) is 13.6 Å². The van der Waals surface area contributed by atoms with Crippen molar-refractivity contribution in [1.29, 1.82) is 0 Å². The Labute approximate surface area is 101 Å². The molecule has 0 aliphatic carbocycles. The summed E-state index contributed by atoms with van der Waals surface area (Å²) in [6, 6.07) is 0.374. The third kappa shape index (κ3) is 2.09. The molecule has 0 aromatic carbocycles. The molecular formula is C12H20N4O. The van der Waals surface area contributed by atoms with Gasteiger partial charge in [0.05, 0.1) is 18.7 Å². The van der Waals surface area contributed by atoms with Gasteiger partial charge in [-0.3, -0.25) is 4.90 Å². The van der Waals surface area contributed by atoms with Crippen LogP contribution in [0.4, 0.5) is 0 Å². The normalized spacial score (nSPS) is 30.2. The van der Waals surface area contributed by atoms with Gasteiger partial charge in [0.2, 0.25) is 0 Å². The van der Waals surface area contributed by atoms with Crippen LogP contribution in [0.3, 0.4) is 0 Å². The highest BCUT2D eigenvalue weighted by Crippen LogP contribution is 2.28. The average Bonchev–Trinajstić information content (AvgIpc) is 2.72. The van der Waals surface area contributed by atoms with E-state index in [1.165, 1.54) is 12.8 Å². The second kappa shape index (κ2) is 4.38. The molecule has 2 aliphatic rings. The molecule has 1 fully saturated rings. The first-order valence-corrected chi connectivity index (χ1v) is 6.56. The van der Waals surface area contributed by atoms with Crippen LogP contribution < -0.4 is 0 Å². The molecule has 3 heterocycles. The van der Waals surface area contributed by atoms with Crippen LogP contribution in [0.1, 0.15) is 43.4 Å². The van der Waals surface area contributed by atoms with E-state index < -0.39 is 0 Å². The van der Waals surface area contributed by atoms with E-state index in [0.717, 1.165) is 37.5 Å². The molecule has 5 nitrogen and oxygen atoms in total. The van der Waals surface area contributed by atoms with E-state index in [0.29, 0.717) is 12.6 Å². The zero-order valence-electron chi connectivity index (χ0n) is 10.3. The number of fused-ring (bicyclic) bond motifs is 1. The molecule has 2 aliphatic heterocycles. The lowest BCUT2D eigenvalue weighted by Crippen LogP contribution is -2.30. The van der Waals surface area contributed by atoms with Gasteiger partial charge < -0.3 is 5.11 Å². The zero-order valence-corrected chi connectivity index (χ0v) is 10.3. The fourth-order valence-electron chi connectivity index (χ4n) is 2.85. The standard InChI is InChI=1S/C12H20N4O/c1-15-7-3-2-4-10(15)12-13-11-6-5-9(17)8-16(11)14-12/h9-10,17H,2-8H2,1H3. The first-order valence-electron chi connectivity index (χ1n) is 6.56. The lowest BCUT2D eigenvalue weighted by Gasteiger charge is -2.30. The van der Waals surface area contributed by atoms with E-state index in [1.807, 2.05) is 4.68 Å². The number of aryl methyl sites for hydroxylation is 1. The van der Waals surface area contributed by atoms with E-state index in [-0.39, 0.29) is 6.10 Å². The number of likely N-dealkylation sites (tertiary alicyclic amines) is 1. The Kier molecular flexibility index (Phi) is 2.88. The van der Waals surface area contributed by atoms with Crippen molar-refractivity contribution in [3.63, 3.8) is 0 Å². The predicted molar refractivity (Wildman–Crippen MR) is 63.6 cm³/mol. The number of hydrogen-bond acceptors (Lipinski definition) is 4. The van der Waals surface area contributed by atoms with Gasteiger partial charge in [-0.05, 0) is 32.9 Å². The molecule has 94 valence electrons. The smallest absolute Gasteiger partial charge is 0.168 e. The molecule has 0 spiro atoms. The van der Waals surface area contributed by atoms with Crippen molar-refractivity contribution >= 4 is 0 Å². The molecule has 2 unspecified atom stereocenters. The summed E-state index contributed by atoms with van der Waals surface area (Å²) in [6.07, 6.45) is 5.12. The predicted octanol–water partition coefficient (Wildman–Crippen LogP) is 0.742. The Morgan fingerprint density at radius 3 is 3.00 bits per heavy atom. The molecule has 17 heavy (non-hydrogen) atoms.